The summed E-state index contributed by atoms with van der Waals surface area (Å²) in [5, 5.41) is 0. The molecular weight excluding hydrogens is 894 g/mol. The van der Waals surface area contributed by atoms with Gasteiger partial charge in [0.2, 0.25) is 0 Å². The minimum absolute atomic E-state index is 0.000612. The molecule has 0 aromatic rings. The number of esters is 4. The van der Waals surface area contributed by atoms with E-state index in [1.54, 1.807) is 0 Å². The Balaban J connectivity index is 5.07. The molecule has 0 aliphatic carbocycles. The molecule has 350 valence electrons. The van der Waals surface area contributed by atoms with Gasteiger partial charge in [-0.25, -0.2) is 0 Å². The first-order valence-corrected chi connectivity index (χ1v) is 27.1. The number of phosphoric ester groups is 1. The Hall–Kier alpha value is -1.36. The maximum atomic E-state index is 12.9. The molecule has 3 atom stereocenters. The summed E-state index contributed by atoms with van der Waals surface area (Å²) in [6.45, 7) is 2.73. The topological polar surface area (TPSA) is 213 Å². The summed E-state index contributed by atoms with van der Waals surface area (Å²) in [4.78, 5) is 60.4. The van der Waals surface area contributed by atoms with Gasteiger partial charge in [-0.15, -0.1) is 0 Å². The normalized spacial score (nSPS) is 13.4. The summed E-state index contributed by atoms with van der Waals surface area (Å²) < 4.78 is 51.3. The molecule has 5 N–H and O–H groups in total. The zero-order chi connectivity index (χ0) is 43.7. The van der Waals surface area contributed by atoms with E-state index in [1.807, 2.05) is 0 Å². The number of carbonyl (C=O) groups excluding carboxylic acids is 4. The predicted molar refractivity (Wildman–Crippen MR) is 227 cm³/mol. The van der Waals surface area contributed by atoms with E-state index in [0.29, 0.717) is 25.7 Å². The standard InChI is InChI=1S/C43H83IN2O12P/c1-3-5-7-9-11-13-15-17-19-21-23-28-40(47)53-34-38(57-42(49)30-24-22-20-18-16-14-12-10-8-6-4-2)36-55-59(51,52)56-37-39(58-43(50)31-27-33-45)35-54-41(48)29-25-26-32-44-46/h38-39H,3-37,45-46H2,1-2H3,(H,51,52)/q-1/t38-,39?/m1/s1. The van der Waals surface area contributed by atoms with Crippen LogP contribution in [0.2, 0.25) is 0 Å². The molecule has 0 rings (SSSR count). The van der Waals surface area contributed by atoms with Crippen molar-refractivity contribution in [3.63, 3.8) is 0 Å². The Morgan fingerprint density at radius 2 is 0.814 bits per heavy atom. The van der Waals surface area contributed by atoms with E-state index in [4.69, 9.17) is 37.7 Å². The number of unbranched alkanes of at least 4 members (excludes halogenated alkanes) is 21. The second-order valence-corrected chi connectivity index (χ2v) is 18.8. The van der Waals surface area contributed by atoms with Gasteiger partial charge in [0.25, 0.3) is 0 Å². The molecule has 0 amide bonds. The fraction of sp³-hybridized carbons (Fsp3) is 0.907. The van der Waals surface area contributed by atoms with Crippen LogP contribution < -0.4 is 31.2 Å². The van der Waals surface area contributed by atoms with Gasteiger partial charge >= 0.3 is 151 Å². The summed E-state index contributed by atoms with van der Waals surface area (Å²) in [5.74, 6) is -2.13. The predicted octanol–water partition coefficient (Wildman–Crippen LogP) is 6.30. The van der Waals surface area contributed by atoms with E-state index in [9.17, 15) is 28.6 Å². The molecule has 14 nitrogen and oxygen atoms in total. The van der Waals surface area contributed by atoms with Gasteiger partial charge in [0.05, 0.1) is 6.61 Å². The quantitative estimate of drug-likeness (QED) is 0.0116. The number of phosphoric acid groups is 1. The smallest absolute Gasteiger partial charge is 0.456 e. The Kier molecular flexibility index (Phi) is 41.0. The van der Waals surface area contributed by atoms with Gasteiger partial charge in [0.1, 0.15) is 6.61 Å². The van der Waals surface area contributed by atoms with Gasteiger partial charge in [-0.1, -0.05) is 142 Å². The summed E-state index contributed by atoms with van der Waals surface area (Å²) in [7, 11) is -4.81. The number of halogens is 1. The molecule has 0 aromatic heterocycles. The van der Waals surface area contributed by atoms with Crippen molar-refractivity contribution in [1.82, 2.24) is 0 Å². The van der Waals surface area contributed by atoms with Gasteiger partial charge in [-0.3, -0.25) is 9.59 Å². The van der Waals surface area contributed by atoms with Crippen molar-refractivity contribution in [3.05, 3.63) is 0 Å². The molecular formula is C43H83IN2O12P-. The second kappa shape index (κ2) is 42.0. The fourth-order valence-electron chi connectivity index (χ4n) is 6.18. The number of nitrogens with two attached hydrogens (primary N) is 2. The van der Waals surface area contributed by atoms with Crippen molar-refractivity contribution in [1.29, 1.82) is 0 Å². The molecule has 0 saturated carbocycles. The molecule has 0 saturated heterocycles. The number of hydrogen-bond donors (Lipinski definition) is 3. The Bertz CT molecular complexity index is 1090. The molecule has 59 heavy (non-hydrogen) atoms. The van der Waals surface area contributed by atoms with Crippen molar-refractivity contribution in [2.75, 3.05) is 37.4 Å². The number of carbonyl (C=O) groups is 4. The third-order valence-electron chi connectivity index (χ3n) is 9.73. The monoisotopic (exact) mass is 977 g/mol. The average molecular weight is 978 g/mol. The zero-order valence-corrected chi connectivity index (χ0v) is 39.9. The SMILES string of the molecule is CCCCCCCCCCCCCC(=O)OC[C@H](COP(=O)(O)OCC(COC(=O)CCCC[I-]N)OC(=O)CCCN)OC(=O)CCCCCCCCCCCCC. The van der Waals surface area contributed by atoms with Crippen molar-refractivity contribution >= 4 is 31.7 Å². The van der Waals surface area contributed by atoms with E-state index in [-0.39, 0.29) is 60.3 Å². The van der Waals surface area contributed by atoms with Crippen molar-refractivity contribution in [2.24, 2.45) is 9.68 Å². The van der Waals surface area contributed by atoms with Gasteiger partial charge in [-0.05, 0) is 19.4 Å². The molecule has 0 aliphatic rings. The van der Waals surface area contributed by atoms with Crippen LogP contribution in [0.25, 0.3) is 0 Å². The number of rotatable bonds is 44. The van der Waals surface area contributed by atoms with Gasteiger partial charge in [-0.2, -0.15) is 0 Å². The van der Waals surface area contributed by atoms with Crippen LogP contribution in [0.5, 0.6) is 0 Å². The molecule has 0 aliphatic heterocycles. The van der Waals surface area contributed by atoms with Crippen LogP contribution in [-0.4, -0.2) is 78.4 Å². The second-order valence-electron chi connectivity index (χ2n) is 15.4. The molecule has 0 spiro atoms. The van der Waals surface area contributed by atoms with E-state index >= 15 is 0 Å². The summed E-state index contributed by atoms with van der Waals surface area (Å²) in [6, 6.07) is 0. The van der Waals surface area contributed by atoms with Crippen molar-refractivity contribution in [2.45, 2.75) is 212 Å². The van der Waals surface area contributed by atoms with Crippen LogP contribution in [0, 0.1) is 0 Å². The minimum atomic E-state index is -4.81. The average Bonchev–Trinajstić information content (AvgIpc) is 3.21. The summed E-state index contributed by atoms with van der Waals surface area (Å²) >= 11 is -0.354. The number of ether oxygens (including phenoxy) is 4. The van der Waals surface area contributed by atoms with Crippen LogP contribution in [0.15, 0.2) is 0 Å². The molecule has 0 heterocycles. The Morgan fingerprint density at radius 1 is 0.492 bits per heavy atom. The molecule has 0 radical (unpaired) electrons. The first-order chi connectivity index (χ1) is 28.6. The third kappa shape index (κ3) is 40.5. The van der Waals surface area contributed by atoms with E-state index < -0.39 is 63.7 Å². The molecule has 2 unspecified atom stereocenters. The molecule has 16 heteroatoms. The molecule has 0 aromatic carbocycles. The summed E-state index contributed by atoms with van der Waals surface area (Å²) in [6.07, 6.45) is 25.1. The first kappa shape index (κ1) is 57.6. The summed E-state index contributed by atoms with van der Waals surface area (Å²) in [5.41, 5.74) is 5.49. The van der Waals surface area contributed by atoms with Gasteiger partial charge in [0, 0.05) is 12.8 Å². The Morgan fingerprint density at radius 3 is 1.17 bits per heavy atom. The van der Waals surface area contributed by atoms with Crippen LogP contribution >= 0.6 is 7.82 Å². The first-order valence-electron chi connectivity index (χ1n) is 22.9. The van der Waals surface area contributed by atoms with Gasteiger partial charge < -0.3 is 15.2 Å². The van der Waals surface area contributed by atoms with Crippen LogP contribution in [0.4, 0.5) is 0 Å². The van der Waals surface area contributed by atoms with Crippen LogP contribution in [0.1, 0.15) is 200 Å². The third-order valence-corrected chi connectivity index (χ3v) is 12.1. The Labute approximate surface area is 367 Å². The maximum absolute atomic E-state index is 12.9. The molecule has 0 bridgehead atoms. The van der Waals surface area contributed by atoms with Crippen LogP contribution in [-0.2, 0) is 51.7 Å². The van der Waals surface area contributed by atoms with Crippen molar-refractivity contribution in [3.8, 4) is 0 Å². The van der Waals surface area contributed by atoms with Crippen molar-refractivity contribution < 1.29 is 78.1 Å². The van der Waals surface area contributed by atoms with Crippen LogP contribution in [0.3, 0.4) is 0 Å². The van der Waals surface area contributed by atoms with E-state index in [2.05, 4.69) is 13.8 Å². The fourth-order valence-corrected chi connectivity index (χ4v) is 7.95. The number of alkyl halides is 1. The van der Waals surface area contributed by atoms with E-state index in [1.165, 1.54) is 89.9 Å². The van der Waals surface area contributed by atoms with Gasteiger partial charge in [0.15, 0.2) is 6.10 Å². The molecule has 0 fully saturated rings. The zero-order valence-electron chi connectivity index (χ0n) is 36.8. The minimum Gasteiger partial charge on any atom is -0.456 e. The number of hydrogen-bond acceptors (Lipinski definition) is 13. The van der Waals surface area contributed by atoms with E-state index in [0.717, 1.165) is 49.4 Å².